The summed E-state index contributed by atoms with van der Waals surface area (Å²) in [6.07, 6.45) is 2.59. The maximum atomic E-state index is 9.17. The Morgan fingerprint density at radius 2 is 1.80 bits per heavy atom. The molecule has 1 atom stereocenters. The zero-order valence-electron chi connectivity index (χ0n) is 8.89. The Balaban J connectivity index is 1.94. The molecule has 1 saturated heterocycles. The van der Waals surface area contributed by atoms with Gasteiger partial charge in [-0.15, -0.1) is 0 Å². The number of hydrogen-bond acceptors (Lipinski definition) is 3. The first-order chi connectivity index (χ1) is 7.25. The van der Waals surface area contributed by atoms with Gasteiger partial charge >= 0.3 is 0 Å². The predicted molar refractivity (Wildman–Crippen MR) is 60.7 cm³/mol. The van der Waals surface area contributed by atoms with Crippen LogP contribution in [0.25, 0.3) is 0 Å². The van der Waals surface area contributed by atoms with Crippen molar-refractivity contribution in [2.75, 3.05) is 19.6 Å². The highest BCUT2D eigenvalue weighted by atomic mass is 16.3. The van der Waals surface area contributed by atoms with E-state index in [1.54, 1.807) is 12.1 Å². The molecule has 3 N–H and O–H groups in total. The van der Waals surface area contributed by atoms with Gasteiger partial charge in [-0.2, -0.15) is 0 Å². The van der Waals surface area contributed by atoms with E-state index in [4.69, 9.17) is 5.73 Å². The van der Waals surface area contributed by atoms with Crippen molar-refractivity contribution in [2.45, 2.75) is 18.9 Å². The molecule has 0 amide bonds. The molecule has 3 nitrogen and oxygen atoms in total. The van der Waals surface area contributed by atoms with Gasteiger partial charge in [0.25, 0.3) is 0 Å². The molecular formula is C12H18N2O. The van der Waals surface area contributed by atoms with E-state index < -0.39 is 0 Å². The summed E-state index contributed by atoms with van der Waals surface area (Å²) in [5.41, 5.74) is 7.20. The van der Waals surface area contributed by atoms with Gasteiger partial charge in [0.15, 0.2) is 0 Å². The van der Waals surface area contributed by atoms with E-state index in [0.29, 0.717) is 5.75 Å². The summed E-state index contributed by atoms with van der Waals surface area (Å²) in [4.78, 5) is 2.40. The number of benzene rings is 1. The molecule has 2 rings (SSSR count). The van der Waals surface area contributed by atoms with E-state index in [9.17, 15) is 5.11 Å². The smallest absolute Gasteiger partial charge is 0.115 e. The van der Waals surface area contributed by atoms with Gasteiger partial charge < -0.3 is 15.7 Å². The normalized spacial score (nSPS) is 19.3. The standard InChI is InChI=1S/C12H18N2O/c13-12(9-14-7-1-2-8-14)10-3-5-11(15)6-4-10/h3-6,12,15H,1-2,7-9,13H2. The van der Waals surface area contributed by atoms with Gasteiger partial charge in [0.05, 0.1) is 0 Å². The fourth-order valence-corrected chi connectivity index (χ4v) is 2.07. The van der Waals surface area contributed by atoms with Crippen molar-refractivity contribution in [2.24, 2.45) is 5.73 Å². The molecule has 0 spiro atoms. The van der Waals surface area contributed by atoms with Crippen molar-refractivity contribution in [3.8, 4) is 5.75 Å². The van der Waals surface area contributed by atoms with E-state index in [0.717, 1.165) is 12.1 Å². The topological polar surface area (TPSA) is 49.5 Å². The molecule has 1 fully saturated rings. The Kier molecular flexibility index (Phi) is 3.23. The molecule has 1 aromatic carbocycles. The third-order valence-electron chi connectivity index (χ3n) is 2.97. The zero-order valence-corrected chi connectivity index (χ0v) is 8.89. The Bertz CT molecular complexity index is 304. The van der Waals surface area contributed by atoms with Crippen molar-refractivity contribution in [3.05, 3.63) is 29.8 Å². The highest BCUT2D eigenvalue weighted by molar-refractivity contribution is 5.27. The zero-order chi connectivity index (χ0) is 10.7. The van der Waals surface area contributed by atoms with Crippen molar-refractivity contribution >= 4 is 0 Å². The molecule has 0 aliphatic carbocycles. The molecule has 1 aromatic rings. The Labute approximate surface area is 90.5 Å². The quantitative estimate of drug-likeness (QED) is 0.787. The first-order valence-corrected chi connectivity index (χ1v) is 5.52. The van der Waals surface area contributed by atoms with Crippen LogP contribution in [0.15, 0.2) is 24.3 Å². The molecule has 1 aliphatic rings. The molecule has 1 heterocycles. The van der Waals surface area contributed by atoms with Gasteiger partial charge in [-0.25, -0.2) is 0 Å². The van der Waals surface area contributed by atoms with Crippen LogP contribution in [0.5, 0.6) is 5.75 Å². The average molecular weight is 206 g/mol. The van der Waals surface area contributed by atoms with E-state index >= 15 is 0 Å². The fraction of sp³-hybridized carbons (Fsp3) is 0.500. The van der Waals surface area contributed by atoms with Crippen molar-refractivity contribution in [1.29, 1.82) is 0 Å². The highest BCUT2D eigenvalue weighted by Crippen LogP contribution is 2.17. The molecule has 0 aromatic heterocycles. The number of phenols is 1. The van der Waals surface area contributed by atoms with Gasteiger partial charge in [0.1, 0.15) is 5.75 Å². The van der Waals surface area contributed by atoms with Gasteiger partial charge in [-0.05, 0) is 43.6 Å². The van der Waals surface area contributed by atoms with Gasteiger partial charge in [-0.3, -0.25) is 0 Å². The molecular weight excluding hydrogens is 188 g/mol. The molecule has 82 valence electrons. The molecule has 3 heteroatoms. The van der Waals surface area contributed by atoms with Crippen LogP contribution in [-0.4, -0.2) is 29.6 Å². The third-order valence-corrected chi connectivity index (χ3v) is 2.97. The summed E-state index contributed by atoms with van der Waals surface area (Å²) in [6, 6.07) is 7.24. The van der Waals surface area contributed by atoms with E-state index in [-0.39, 0.29) is 6.04 Å². The number of phenolic OH excluding ortho intramolecular Hbond substituents is 1. The van der Waals surface area contributed by atoms with Crippen molar-refractivity contribution in [3.63, 3.8) is 0 Å². The van der Waals surface area contributed by atoms with Crippen LogP contribution in [0.3, 0.4) is 0 Å². The number of nitrogens with zero attached hydrogens (tertiary/aromatic N) is 1. The Morgan fingerprint density at radius 1 is 1.20 bits per heavy atom. The minimum Gasteiger partial charge on any atom is -0.508 e. The van der Waals surface area contributed by atoms with Crippen molar-refractivity contribution < 1.29 is 5.11 Å². The Hall–Kier alpha value is -1.06. The molecule has 1 unspecified atom stereocenters. The van der Waals surface area contributed by atoms with Crippen LogP contribution in [0.1, 0.15) is 24.4 Å². The highest BCUT2D eigenvalue weighted by Gasteiger charge is 2.15. The maximum absolute atomic E-state index is 9.17. The second-order valence-corrected chi connectivity index (χ2v) is 4.21. The third kappa shape index (κ3) is 2.70. The molecule has 1 aliphatic heterocycles. The minimum absolute atomic E-state index is 0.0590. The largest absolute Gasteiger partial charge is 0.508 e. The van der Waals surface area contributed by atoms with E-state index in [1.807, 2.05) is 12.1 Å². The maximum Gasteiger partial charge on any atom is 0.115 e. The molecule has 0 saturated carbocycles. The molecule has 0 bridgehead atoms. The lowest BCUT2D eigenvalue weighted by Crippen LogP contribution is -2.29. The average Bonchev–Trinajstić information content (AvgIpc) is 2.71. The second-order valence-electron chi connectivity index (χ2n) is 4.21. The minimum atomic E-state index is 0.0590. The lowest BCUT2D eigenvalue weighted by Gasteiger charge is -2.20. The van der Waals surface area contributed by atoms with Crippen LogP contribution in [0.4, 0.5) is 0 Å². The lowest BCUT2D eigenvalue weighted by molar-refractivity contribution is 0.316. The van der Waals surface area contributed by atoms with Crippen molar-refractivity contribution in [1.82, 2.24) is 4.90 Å². The first-order valence-electron chi connectivity index (χ1n) is 5.52. The lowest BCUT2D eigenvalue weighted by atomic mass is 10.1. The summed E-state index contributed by atoms with van der Waals surface area (Å²) >= 11 is 0. The van der Waals surface area contributed by atoms with Crippen LogP contribution in [0, 0.1) is 0 Å². The fourth-order valence-electron chi connectivity index (χ4n) is 2.07. The number of aromatic hydroxyl groups is 1. The summed E-state index contributed by atoms with van der Waals surface area (Å²) < 4.78 is 0. The summed E-state index contributed by atoms with van der Waals surface area (Å²) in [7, 11) is 0. The van der Waals surface area contributed by atoms with Crippen LogP contribution in [-0.2, 0) is 0 Å². The Morgan fingerprint density at radius 3 is 2.40 bits per heavy atom. The number of nitrogens with two attached hydrogens (primary N) is 1. The number of hydrogen-bond donors (Lipinski definition) is 2. The monoisotopic (exact) mass is 206 g/mol. The van der Waals surface area contributed by atoms with Crippen LogP contribution >= 0.6 is 0 Å². The van der Waals surface area contributed by atoms with E-state index in [1.165, 1.54) is 25.9 Å². The first kappa shape index (κ1) is 10.5. The molecule has 15 heavy (non-hydrogen) atoms. The number of likely N-dealkylation sites (tertiary alicyclic amines) is 1. The van der Waals surface area contributed by atoms with Gasteiger partial charge in [0, 0.05) is 12.6 Å². The second kappa shape index (κ2) is 4.64. The van der Waals surface area contributed by atoms with Crippen LogP contribution in [0.2, 0.25) is 0 Å². The molecule has 0 radical (unpaired) electrons. The van der Waals surface area contributed by atoms with Crippen LogP contribution < -0.4 is 5.73 Å². The van der Waals surface area contributed by atoms with Gasteiger partial charge in [0.2, 0.25) is 0 Å². The SMILES string of the molecule is NC(CN1CCCC1)c1ccc(O)cc1. The summed E-state index contributed by atoms with van der Waals surface area (Å²) in [5.74, 6) is 0.298. The van der Waals surface area contributed by atoms with Gasteiger partial charge in [-0.1, -0.05) is 12.1 Å². The summed E-state index contributed by atoms with van der Waals surface area (Å²) in [5, 5.41) is 9.17. The number of rotatable bonds is 3. The predicted octanol–water partition coefficient (Wildman–Crippen LogP) is 1.49. The van der Waals surface area contributed by atoms with E-state index in [2.05, 4.69) is 4.90 Å². The summed E-state index contributed by atoms with van der Waals surface area (Å²) in [6.45, 7) is 3.27.